The molecule has 0 aliphatic carbocycles. The second-order valence-corrected chi connectivity index (χ2v) is 7.68. The second-order valence-electron chi connectivity index (χ2n) is 5.83. The Morgan fingerprint density at radius 2 is 1.81 bits per heavy atom. The van der Waals surface area contributed by atoms with Gasteiger partial charge >= 0.3 is 0 Å². The third-order valence-corrected chi connectivity index (χ3v) is 5.27. The highest BCUT2D eigenvalue weighted by Crippen LogP contribution is 2.26. The average Bonchev–Trinajstić information content (AvgIpc) is 2.67. The van der Waals surface area contributed by atoms with E-state index in [0.29, 0.717) is 18.2 Å². The molecule has 5 heteroatoms. The summed E-state index contributed by atoms with van der Waals surface area (Å²) in [7, 11) is 0. The molecule has 0 unspecified atom stereocenters. The Morgan fingerprint density at radius 1 is 1.08 bits per heavy atom. The van der Waals surface area contributed by atoms with E-state index >= 15 is 0 Å². The van der Waals surface area contributed by atoms with Crippen LogP contribution in [0.15, 0.2) is 71.6 Å². The number of carbonyl (C=O) groups excluding carboxylic acids is 1. The van der Waals surface area contributed by atoms with Gasteiger partial charge in [0.15, 0.2) is 0 Å². The van der Waals surface area contributed by atoms with Crippen molar-refractivity contribution in [1.82, 2.24) is 5.32 Å². The molecule has 0 fully saturated rings. The lowest BCUT2D eigenvalue weighted by molar-refractivity contribution is -0.120. The van der Waals surface area contributed by atoms with Gasteiger partial charge in [0.25, 0.3) is 0 Å². The van der Waals surface area contributed by atoms with Crippen LogP contribution in [0.2, 0.25) is 5.02 Å². The fourth-order valence-electron chi connectivity index (χ4n) is 2.57. The second kappa shape index (κ2) is 8.97. The number of ether oxygens (including phenoxy) is 1. The third-order valence-electron chi connectivity index (χ3n) is 3.90. The maximum absolute atomic E-state index is 12.2. The first-order valence-electron chi connectivity index (χ1n) is 8.44. The van der Waals surface area contributed by atoms with Gasteiger partial charge in [0.05, 0.1) is 11.8 Å². The molecule has 0 saturated heterocycles. The van der Waals surface area contributed by atoms with Gasteiger partial charge in [-0.15, -0.1) is 11.8 Å². The van der Waals surface area contributed by atoms with E-state index in [-0.39, 0.29) is 11.2 Å². The Hall–Kier alpha value is -2.17. The van der Waals surface area contributed by atoms with E-state index in [2.05, 4.69) is 17.4 Å². The highest BCUT2D eigenvalue weighted by atomic mass is 35.5. The van der Waals surface area contributed by atoms with E-state index in [1.165, 1.54) is 11.8 Å². The SMILES string of the molecule is C[C@H](Sc1ccc(Cl)cc1)C(=O)NCCOc1cccc2ccccc12. The van der Waals surface area contributed by atoms with Gasteiger partial charge in [-0.05, 0) is 42.6 Å². The number of rotatable bonds is 7. The number of hydrogen-bond acceptors (Lipinski definition) is 3. The van der Waals surface area contributed by atoms with Crippen LogP contribution in [0.3, 0.4) is 0 Å². The van der Waals surface area contributed by atoms with E-state index in [4.69, 9.17) is 16.3 Å². The van der Waals surface area contributed by atoms with Gasteiger partial charge in [0.2, 0.25) is 5.91 Å². The molecule has 3 aromatic rings. The predicted molar refractivity (Wildman–Crippen MR) is 109 cm³/mol. The smallest absolute Gasteiger partial charge is 0.233 e. The van der Waals surface area contributed by atoms with Gasteiger partial charge in [-0.3, -0.25) is 4.79 Å². The summed E-state index contributed by atoms with van der Waals surface area (Å²) in [5.74, 6) is 0.826. The van der Waals surface area contributed by atoms with Crippen LogP contribution in [0.5, 0.6) is 5.75 Å². The molecule has 134 valence electrons. The van der Waals surface area contributed by atoms with Gasteiger partial charge in [0, 0.05) is 15.3 Å². The molecule has 0 saturated carbocycles. The summed E-state index contributed by atoms with van der Waals surface area (Å²) in [6.07, 6.45) is 0. The quantitative estimate of drug-likeness (QED) is 0.450. The normalized spacial score (nSPS) is 11.9. The van der Waals surface area contributed by atoms with Crippen LogP contribution in [-0.2, 0) is 4.79 Å². The lowest BCUT2D eigenvalue weighted by Crippen LogP contribution is -2.33. The minimum absolute atomic E-state index is 0.00790. The van der Waals surface area contributed by atoms with E-state index in [0.717, 1.165) is 21.4 Å². The maximum atomic E-state index is 12.2. The lowest BCUT2D eigenvalue weighted by Gasteiger charge is -2.13. The number of hydrogen-bond donors (Lipinski definition) is 1. The lowest BCUT2D eigenvalue weighted by atomic mass is 10.1. The van der Waals surface area contributed by atoms with Gasteiger partial charge in [-0.25, -0.2) is 0 Å². The summed E-state index contributed by atoms with van der Waals surface area (Å²) >= 11 is 7.38. The molecule has 3 nitrogen and oxygen atoms in total. The van der Waals surface area contributed by atoms with Crippen molar-refractivity contribution in [2.45, 2.75) is 17.1 Å². The van der Waals surface area contributed by atoms with E-state index in [1.54, 1.807) is 0 Å². The fraction of sp³-hybridized carbons (Fsp3) is 0.190. The van der Waals surface area contributed by atoms with Crippen LogP contribution >= 0.6 is 23.4 Å². The molecule has 0 bridgehead atoms. The zero-order valence-electron chi connectivity index (χ0n) is 14.4. The number of nitrogens with one attached hydrogen (secondary N) is 1. The molecule has 1 N–H and O–H groups in total. The van der Waals surface area contributed by atoms with E-state index in [1.807, 2.05) is 61.5 Å². The van der Waals surface area contributed by atoms with Crippen molar-refractivity contribution < 1.29 is 9.53 Å². The minimum atomic E-state index is -0.186. The molecule has 26 heavy (non-hydrogen) atoms. The van der Waals surface area contributed by atoms with Crippen molar-refractivity contribution in [2.24, 2.45) is 0 Å². The zero-order chi connectivity index (χ0) is 18.4. The molecule has 3 aromatic carbocycles. The molecular weight excluding hydrogens is 366 g/mol. The van der Waals surface area contributed by atoms with Crippen LogP contribution in [0.4, 0.5) is 0 Å². The van der Waals surface area contributed by atoms with Crippen molar-refractivity contribution in [1.29, 1.82) is 0 Å². The fourth-order valence-corrected chi connectivity index (χ4v) is 3.59. The summed E-state index contributed by atoms with van der Waals surface area (Å²) in [6, 6.07) is 21.6. The maximum Gasteiger partial charge on any atom is 0.233 e. The summed E-state index contributed by atoms with van der Waals surface area (Å²) in [5.41, 5.74) is 0. The van der Waals surface area contributed by atoms with Crippen molar-refractivity contribution >= 4 is 40.0 Å². The largest absolute Gasteiger partial charge is 0.491 e. The Bertz CT molecular complexity index is 877. The standard InChI is InChI=1S/C21H20ClNO2S/c1-15(26-18-11-9-17(22)10-12-18)21(24)23-13-14-25-20-8-4-6-16-5-2-3-7-19(16)20/h2-12,15H,13-14H2,1H3,(H,23,24)/t15-/m0/s1. The molecule has 0 aromatic heterocycles. The van der Waals surface area contributed by atoms with Crippen molar-refractivity contribution in [3.05, 3.63) is 71.8 Å². The van der Waals surface area contributed by atoms with Crippen LogP contribution in [0, 0.1) is 0 Å². The van der Waals surface area contributed by atoms with Gasteiger partial charge in [-0.1, -0.05) is 48.0 Å². The first kappa shape index (κ1) is 18.6. The number of fused-ring (bicyclic) bond motifs is 1. The highest BCUT2D eigenvalue weighted by molar-refractivity contribution is 8.00. The summed E-state index contributed by atoms with van der Waals surface area (Å²) in [4.78, 5) is 13.2. The number of benzene rings is 3. The topological polar surface area (TPSA) is 38.3 Å². The summed E-state index contributed by atoms with van der Waals surface area (Å²) in [5, 5.41) is 5.64. The molecule has 0 aliphatic rings. The number of halogens is 1. The molecule has 3 rings (SSSR count). The number of carbonyl (C=O) groups is 1. The first-order chi connectivity index (χ1) is 12.6. The Morgan fingerprint density at radius 3 is 2.62 bits per heavy atom. The van der Waals surface area contributed by atoms with Crippen molar-refractivity contribution in [3.8, 4) is 5.75 Å². The molecular formula is C21H20ClNO2S. The highest BCUT2D eigenvalue weighted by Gasteiger charge is 2.13. The van der Waals surface area contributed by atoms with E-state index in [9.17, 15) is 4.79 Å². The monoisotopic (exact) mass is 385 g/mol. The number of thioether (sulfide) groups is 1. The molecule has 0 heterocycles. The Balaban J connectivity index is 1.46. The molecule has 0 radical (unpaired) electrons. The van der Waals surface area contributed by atoms with Crippen LogP contribution in [0.1, 0.15) is 6.92 Å². The molecule has 1 amide bonds. The molecule has 0 spiro atoms. The average molecular weight is 386 g/mol. The van der Waals surface area contributed by atoms with Crippen LogP contribution in [0.25, 0.3) is 10.8 Å². The third kappa shape index (κ3) is 4.93. The summed E-state index contributed by atoms with van der Waals surface area (Å²) < 4.78 is 5.84. The van der Waals surface area contributed by atoms with Gasteiger partial charge in [0.1, 0.15) is 12.4 Å². The predicted octanol–water partition coefficient (Wildman–Crippen LogP) is 5.17. The van der Waals surface area contributed by atoms with Crippen LogP contribution < -0.4 is 10.1 Å². The molecule has 1 atom stereocenters. The van der Waals surface area contributed by atoms with Crippen molar-refractivity contribution in [3.63, 3.8) is 0 Å². The Labute approximate surface area is 162 Å². The van der Waals surface area contributed by atoms with Gasteiger partial charge < -0.3 is 10.1 Å². The first-order valence-corrected chi connectivity index (χ1v) is 9.70. The Kier molecular flexibility index (Phi) is 6.42. The van der Waals surface area contributed by atoms with E-state index < -0.39 is 0 Å². The van der Waals surface area contributed by atoms with Crippen molar-refractivity contribution in [2.75, 3.05) is 13.2 Å². The zero-order valence-corrected chi connectivity index (χ0v) is 16.0. The van der Waals surface area contributed by atoms with Crippen LogP contribution in [-0.4, -0.2) is 24.3 Å². The molecule has 0 aliphatic heterocycles. The summed E-state index contributed by atoms with van der Waals surface area (Å²) in [6.45, 7) is 2.78. The van der Waals surface area contributed by atoms with Gasteiger partial charge in [-0.2, -0.15) is 0 Å². The minimum Gasteiger partial charge on any atom is -0.491 e. The number of amides is 1.